The topological polar surface area (TPSA) is 105 Å². The van der Waals surface area contributed by atoms with Gasteiger partial charge in [0.1, 0.15) is 12.6 Å². The molecule has 3 rings (SSSR count). The minimum atomic E-state index is -4.30. The Kier molecular flexibility index (Phi) is 12.1. The molecule has 12 heteroatoms. The highest BCUT2D eigenvalue weighted by atomic mass is 35.5. The molecule has 0 unspecified atom stereocenters. The number of rotatable bonds is 14. The van der Waals surface area contributed by atoms with E-state index < -0.39 is 28.5 Å². The van der Waals surface area contributed by atoms with Crippen LogP contribution < -0.4 is 19.1 Å². The fraction of sp³-hybridized carbons (Fsp3) is 0.355. The highest BCUT2D eigenvalue weighted by Gasteiger charge is 2.33. The number of hydrogen-bond donors (Lipinski definition) is 1. The Balaban J connectivity index is 2.06. The Morgan fingerprint density at radius 3 is 2.23 bits per heavy atom. The van der Waals surface area contributed by atoms with Gasteiger partial charge in [-0.2, -0.15) is 0 Å². The summed E-state index contributed by atoms with van der Waals surface area (Å²) in [5.41, 5.74) is 1.74. The van der Waals surface area contributed by atoms with Crippen molar-refractivity contribution in [3.8, 4) is 11.5 Å². The Hall–Kier alpha value is -3.47. The number of amides is 2. The lowest BCUT2D eigenvalue weighted by molar-refractivity contribution is -0.139. The number of carbonyl (C=O) groups excluding carboxylic acids is 2. The van der Waals surface area contributed by atoms with Gasteiger partial charge in [0.25, 0.3) is 10.0 Å². The van der Waals surface area contributed by atoms with E-state index in [1.165, 1.54) is 37.3 Å². The molecule has 9 nitrogen and oxygen atoms in total. The summed E-state index contributed by atoms with van der Waals surface area (Å²) in [4.78, 5) is 28.4. The van der Waals surface area contributed by atoms with Gasteiger partial charge in [0.2, 0.25) is 11.8 Å². The number of unbranched alkanes of at least 4 members (excludes halogenated alkanes) is 1. The van der Waals surface area contributed by atoms with Crippen LogP contribution in [0.2, 0.25) is 10.0 Å². The van der Waals surface area contributed by atoms with Crippen molar-refractivity contribution in [2.75, 3.05) is 31.6 Å². The summed E-state index contributed by atoms with van der Waals surface area (Å²) in [7, 11) is -1.44. The second-order valence-electron chi connectivity index (χ2n) is 9.94. The van der Waals surface area contributed by atoms with Gasteiger partial charge in [0.15, 0.2) is 11.5 Å². The first-order valence-electron chi connectivity index (χ1n) is 13.8. The predicted molar refractivity (Wildman–Crippen MR) is 170 cm³/mol. The summed E-state index contributed by atoms with van der Waals surface area (Å²) in [6.07, 6.45) is 1.66. The summed E-state index contributed by atoms with van der Waals surface area (Å²) in [5.74, 6) is -0.395. The Morgan fingerprint density at radius 1 is 0.953 bits per heavy atom. The molecule has 0 aromatic heterocycles. The molecule has 0 fully saturated rings. The molecule has 3 aromatic rings. The SMILES string of the molecule is CCCCNC(=O)[C@H](C)N(Cc1ccc(Cl)cc1Cl)C(=O)CN(c1ccc(C)cc1)S(=O)(=O)c1ccc(OC)c(OC)c1. The van der Waals surface area contributed by atoms with Crippen LogP contribution in [0, 0.1) is 6.92 Å². The van der Waals surface area contributed by atoms with Crippen molar-refractivity contribution >= 4 is 50.7 Å². The van der Waals surface area contributed by atoms with E-state index in [-0.39, 0.29) is 28.8 Å². The van der Waals surface area contributed by atoms with Crippen molar-refractivity contribution in [3.63, 3.8) is 0 Å². The average molecular weight is 651 g/mol. The fourth-order valence-electron chi connectivity index (χ4n) is 4.30. The van der Waals surface area contributed by atoms with Gasteiger partial charge in [0, 0.05) is 29.2 Å². The molecule has 0 radical (unpaired) electrons. The molecule has 0 spiro atoms. The number of ether oxygens (including phenoxy) is 2. The van der Waals surface area contributed by atoms with Gasteiger partial charge in [-0.15, -0.1) is 0 Å². The first kappa shape index (κ1) is 34.0. The van der Waals surface area contributed by atoms with Gasteiger partial charge >= 0.3 is 0 Å². The molecule has 1 N–H and O–H groups in total. The fourth-order valence-corrected chi connectivity index (χ4v) is 6.19. The minimum Gasteiger partial charge on any atom is -0.493 e. The van der Waals surface area contributed by atoms with Crippen LogP contribution in [-0.4, -0.2) is 58.5 Å². The van der Waals surface area contributed by atoms with Crippen LogP contribution in [-0.2, 0) is 26.2 Å². The summed E-state index contributed by atoms with van der Waals surface area (Å²) in [5, 5.41) is 3.59. The van der Waals surface area contributed by atoms with Crippen LogP contribution in [0.15, 0.2) is 65.6 Å². The molecule has 0 aliphatic rings. The first-order valence-corrected chi connectivity index (χ1v) is 15.9. The highest BCUT2D eigenvalue weighted by molar-refractivity contribution is 7.92. The molecule has 0 bridgehead atoms. The number of halogens is 2. The third-order valence-corrected chi connectivity index (χ3v) is 9.25. The molecular formula is C31H37Cl2N3O6S. The summed E-state index contributed by atoms with van der Waals surface area (Å²) in [6.45, 7) is 5.30. The lowest BCUT2D eigenvalue weighted by Gasteiger charge is -2.32. The zero-order valence-electron chi connectivity index (χ0n) is 24.9. The van der Waals surface area contributed by atoms with Crippen molar-refractivity contribution in [1.29, 1.82) is 0 Å². The van der Waals surface area contributed by atoms with Crippen molar-refractivity contribution in [3.05, 3.63) is 81.8 Å². The van der Waals surface area contributed by atoms with Crippen molar-refractivity contribution in [2.24, 2.45) is 0 Å². The van der Waals surface area contributed by atoms with E-state index >= 15 is 0 Å². The highest BCUT2D eigenvalue weighted by Crippen LogP contribution is 2.32. The van der Waals surface area contributed by atoms with Gasteiger partial charge < -0.3 is 19.7 Å². The number of nitrogens with zero attached hydrogens (tertiary/aromatic N) is 2. The van der Waals surface area contributed by atoms with E-state index in [1.54, 1.807) is 49.4 Å². The molecule has 43 heavy (non-hydrogen) atoms. The lowest BCUT2D eigenvalue weighted by atomic mass is 10.1. The maximum atomic E-state index is 14.1. The Labute approximate surface area is 263 Å². The molecule has 1 atom stereocenters. The molecule has 0 heterocycles. The van der Waals surface area contributed by atoms with Crippen LogP contribution in [0.3, 0.4) is 0 Å². The zero-order valence-corrected chi connectivity index (χ0v) is 27.2. The molecule has 0 saturated carbocycles. The number of aryl methyl sites for hydroxylation is 1. The standard InChI is InChI=1S/C31H37Cl2N3O6S/c1-6-7-16-34-31(38)22(3)35(19-23-10-11-24(32)17-27(23)33)30(37)20-36(25-12-8-21(2)9-13-25)43(39,40)26-14-15-28(41-4)29(18-26)42-5/h8-15,17-18,22H,6-7,16,19-20H2,1-5H3,(H,34,38)/t22-/m0/s1. The van der Waals surface area contributed by atoms with Crippen LogP contribution >= 0.6 is 23.2 Å². The molecular weight excluding hydrogens is 613 g/mol. The molecule has 2 amide bonds. The number of hydrogen-bond acceptors (Lipinski definition) is 6. The van der Waals surface area contributed by atoms with Crippen molar-refractivity contribution in [2.45, 2.75) is 51.1 Å². The van der Waals surface area contributed by atoms with E-state index in [9.17, 15) is 18.0 Å². The van der Waals surface area contributed by atoms with Crippen molar-refractivity contribution < 1.29 is 27.5 Å². The largest absolute Gasteiger partial charge is 0.493 e. The summed E-state index contributed by atoms with van der Waals surface area (Å²) in [6, 6.07) is 14.9. The quantitative estimate of drug-likeness (QED) is 0.220. The predicted octanol–water partition coefficient (Wildman–Crippen LogP) is 5.85. The van der Waals surface area contributed by atoms with Crippen LogP contribution in [0.4, 0.5) is 5.69 Å². The van der Waals surface area contributed by atoms with Gasteiger partial charge in [-0.25, -0.2) is 8.42 Å². The zero-order chi connectivity index (χ0) is 31.7. The normalized spacial score (nSPS) is 11.9. The maximum absolute atomic E-state index is 14.1. The molecule has 3 aromatic carbocycles. The maximum Gasteiger partial charge on any atom is 0.264 e. The van der Waals surface area contributed by atoms with E-state index in [0.717, 1.165) is 22.7 Å². The second-order valence-corrected chi connectivity index (χ2v) is 12.6. The van der Waals surface area contributed by atoms with Crippen LogP contribution in [0.25, 0.3) is 0 Å². The number of carbonyl (C=O) groups is 2. The minimum absolute atomic E-state index is 0.0463. The molecule has 232 valence electrons. The smallest absolute Gasteiger partial charge is 0.264 e. The third-order valence-electron chi connectivity index (χ3n) is 6.90. The number of methoxy groups -OCH3 is 2. The first-order chi connectivity index (χ1) is 20.4. The van der Waals surface area contributed by atoms with E-state index in [2.05, 4.69) is 5.32 Å². The second kappa shape index (κ2) is 15.3. The van der Waals surface area contributed by atoms with Crippen LogP contribution in [0.1, 0.15) is 37.8 Å². The number of nitrogens with one attached hydrogen (secondary N) is 1. The Bertz CT molecular complexity index is 1530. The third kappa shape index (κ3) is 8.55. The summed E-state index contributed by atoms with van der Waals surface area (Å²) < 4.78 is 39.8. The van der Waals surface area contributed by atoms with E-state index in [4.69, 9.17) is 32.7 Å². The number of anilines is 1. The van der Waals surface area contributed by atoms with E-state index in [1.807, 2.05) is 13.8 Å². The van der Waals surface area contributed by atoms with Crippen LogP contribution in [0.5, 0.6) is 11.5 Å². The van der Waals surface area contributed by atoms with E-state index in [0.29, 0.717) is 27.9 Å². The van der Waals surface area contributed by atoms with Gasteiger partial charge in [-0.05, 0) is 62.2 Å². The Morgan fingerprint density at radius 2 is 1.63 bits per heavy atom. The number of sulfonamides is 1. The molecule has 0 saturated heterocycles. The van der Waals surface area contributed by atoms with Gasteiger partial charge in [0.05, 0.1) is 24.8 Å². The lowest BCUT2D eigenvalue weighted by Crippen LogP contribution is -2.51. The average Bonchev–Trinajstić information content (AvgIpc) is 2.99. The van der Waals surface area contributed by atoms with Crippen molar-refractivity contribution in [1.82, 2.24) is 10.2 Å². The summed E-state index contributed by atoms with van der Waals surface area (Å²) >= 11 is 12.5. The van der Waals surface area contributed by atoms with Gasteiger partial charge in [-0.1, -0.05) is 60.3 Å². The molecule has 0 aliphatic heterocycles. The van der Waals surface area contributed by atoms with Gasteiger partial charge in [-0.3, -0.25) is 13.9 Å². The monoisotopic (exact) mass is 649 g/mol. The molecule has 0 aliphatic carbocycles. The number of benzene rings is 3.